The summed E-state index contributed by atoms with van der Waals surface area (Å²) >= 11 is 0. The van der Waals surface area contributed by atoms with E-state index < -0.39 is 12.0 Å². The van der Waals surface area contributed by atoms with E-state index in [2.05, 4.69) is 5.10 Å². The van der Waals surface area contributed by atoms with Crippen molar-refractivity contribution in [3.05, 3.63) is 30.5 Å². The number of hydrogen-bond acceptors (Lipinski definition) is 2. The van der Waals surface area contributed by atoms with E-state index in [1.165, 1.54) is 4.68 Å². The van der Waals surface area contributed by atoms with Crippen molar-refractivity contribution in [2.45, 2.75) is 19.9 Å². The van der Waals surface area contributed by atoms with Crippen LogP contribution in [0.3, 0.4) is 0 Å². The maximum absolute atomic E-state index is 11.2. The molecule has 2 aromatic rings. The molecule has 1 aromatic carbocycles. The molecule has 16 heavy (non-hydrogen) atoms. The molecule has 4 heteroatoms. The molecule has 0 saturated heterocycles. The van der Waals surface area contributed by atoms with Crippen LogP contribution in [0.5, 0.6) is 0 Å². The van der Waals surface area contributed by atoms with Crippen molar-refractivity contribution < 1.29 is 9.90 Å². The summed E-state index contributed by atoms with van der Waals surface area (Å²) in [7, 11) is 0. The first-order valence-electron chi connectivity index (χ1n) is 5.26. The van der Waals surface area contributed by atoms with Crippen LogP contribution in [0.2, 0.25) is 0 Å². The fraction of sp³-hybridized carbons (Fsp3) is 0.333. The largest absolute Gasteiger partial charge is 0.480 e. The van der Waals surface area contributed by atoms with E-state index in [-0.39, 0.29) is 5.92 Å². The van der Waals surface area contributed by atoms with E-state index in [9.17, 15) is 4.79 Å². The number of aromatic nitrogens is 2. The van der Waals surface area contributed by atoms with Crippen molar-refractivity contribution >= 4 is 16.9 Å². The van der Waals surface area contributed by atoms with Gasteiger partial charge in [-0.05, 0) is 12.0 Å². The molecule has 1 atom stereocenters. The third-order valence-corrected chi connectivity index (χ3v) is 2.60. The van der Waals surface area contributed by atoms with Crippen LogP contribution in [0.15, 0.2) is 30.5 Å². The van der Waals surface area contributed by atoms with Crippen LogP contribution in [0.25, 0.3) is 10.9 Å². The van der Waals surface area contributed by atoms with Gasteiger partial charge in [-0.15, -0.1) is 0 Å². The van der Waals surface area contributed by atoms with Gasteiger partial charge in [0, 0.05) is 11.6 Å². The first kappa shape index (κ1) is 10.7. The molecule has 0 saturated carbocycles. The number of benzene rings is 1. The number of hydrogen-bond donors (Lipinski definition) is 1. The number of carbonyl (C=O) groups is 1. The lowest BCUT2D eigenvalue weighted by Gasteiger charge is -2.16. The first-order chi connectivity index (χ1) is 7.59. The highest BCUT2D eigenvalue weighted by Gasteiger charge is 2.24. The SMILES string of the molecule is CC(C)[C@H](C(=O)O)n1cc2ccccc2n1. The molecule has 1 heterocycles. The van der Waals surface area contributed by atoms with Crippen molar-refractivity contribution in [2.75, 3.05) is 0 Å². The van der Waals surface area contributed by atoms with Crippen molar-refractivity contribution in [3.8, 4) is 0 Å². The lowest BCUT2D eigenvalue weighted by Crippen LogP contribution is -2.24. The van der Waals surface area contributed by atoms with Crippen LogP contribution in [-0.4, -0.2) is 20.9 Å². The fourth-order valence-electron chi connectivity index (χ4n) is 1.83. The maximum atomic E-state index is 11.2. The molecule has 84 valence electrons. The van der Waals surface area contributed by atoms with E-state index in [0.717, 1.165) is 10.9 Å². The molecule has 0 radical (unpaired) electrons. The van der Waals surface area contributed by atoms with Crippen molar-refractivity contribution in [1.29, 1.82) is 0 Å². The minimum absolute atomic E-state index is 0.00631. The Morgan fingerprint density at radius 2 is 2.06 bits per heavy atom. The highest BCUT2D eigenvalue weighted by Crippen LogP contribution is 2.20. The van der Waals surface area contributed by atoms with Gasteiger partial charge in [-0.2, -0.15) is 5.10 Å². The molecule has 0 fully saturated rings. The summed E-state index contributed by atoms with van der Waals surface area (Å²) in [6.07, 6.45) is 1.79. The summed E-state index contributed by atoms with van der Waals surface area (Å²) in [4.78, 5) is 11.2. The Kier molecular flexibility index (Phi) is 2.64. The normalized spacial score (nSPS) is 13.2. The van der Waals surface area contributed by atoms with Gasteiger partial charge in [0.2, 0.25) is 0 Å². The van der Waals surface area contributed by atoms with Gasteiger partial charge in [0.1, 0.15) is 0 Å². The summed E-state index contributed by atoms with van der Waals surface area (Å²) in [6, 6.07) is 7.01. The molecule has 0 unspecified atom stereocenters. The number of nitrogens with zero attached hydrogens (tertiary/aromatic N) is 2. The fourth-order valence-corrected chi connectivity index (χ4v) is 1.83. The average Bonchev–Trinajstić information content (AvgIpc) is 2.58. The molecule has 0 aliphatic rings. The molecule has 0 amide bonds. The second-order valence-corrected chi connectivity index (χ2v) is 4.20. The minimum Gasteiger partial charge on any atom is -0.480 e. The van der Waals surface area contributed by atoms with Crippen molar-refractivity contribution in [1.82, 2.24) is 9.78 Å². The Labute approximate surface area is 93.5 Å². The summed E-state index contributed by atoms with van der Waals surface area (Å²) < 4.78 is 1.54. The molecule has 0 bridgehead atoms. The first-order valence-corrected chi connectivity index (χ1v) is 5.26. The molecule has 0 aliphatic carbocycles. The molecule has 2 rings (SSSR count). The highest BCUT2D eigenvalue weighted by atomic mass is 16.4. The van der Waals surface area contributed by atoms with Crippen molar-refractivity contribution in [3.63, 3.8) is 0 Å². The number of carboxylic acid groups (broad SMARTS) is 1. The van der Waals surface area contributed by atoms with Gasteiger partial charge in [-0.25, -0.2) is 4.79 Å². The van der Waals surface area contributed by atoms with Crippen LogP contribution < -0.4 is 0 Å². The summed E-state index contributed by atoms with van der Waals surface area (Å²) in [5.41, 5.74) is 0.828. The van der Waals surface area contributed by atoms with Gasteiger partial charge >= 0.3 is 5.97 Å². The lowest BCUT2D eigenvalue weighted by atomic mass is 10.1. The van der Waals surface area contributed by atoms with Crippen LogP contribution in [0.4, 0.5) is 0 Å². The van der Waals surface area contributed by atoms with Gasteiger partial charge in [0.05, 0.1) is 5.52 Å². The number of carboxylic acids is 1. The van der Waals surface area contributed by atoms with Gasteiger partial charge in [-0.3, -0.25) is 4.68 Å². The zero-order chi connectivity index (χ0) is 11.7. The zero-order valence-corrected chi connectivity index (χ0v) is 9.29. The Balaban J connectivity index is 2.49. The molecule has 1 N–H and O–H groups in total. The van der Waals surface area contributed by atoms with Crippen LogP contribution in [0, 0.1) is 5.92 Å². The van der Waals surface area contributed by atoms with Crippen molar-refractivity contribution in [2.24, 2.45) is 5.92 Å². The van der Waals surface area contributed by atoms with E-state index in [1.807, 2.05) is 38.1 Å². The average molecular weight is 218 g/mol. The number of rotatable bonds is 3. The minimum atomic E-state index is -0.845. The van der Waals surface area contributed by atoms with Crippen LogP contribution >= 0.6 is 0 Å². The third-order valence-electron chi connectivity index (χ3n) is 2.60. The monoisotopic (exact) mass is 218 g/mol. The Morgan fingerprint density at radius 3 is 2.62 bits per heavy atom. The van der Waals surface area contributed by atoms with E-state index in [0.29, 0.717) is 0 Å². The third kappa shape index (κ3) is 1.78. The summed E-state index contributed by atoms with van der Waals surface area (Å²) in [6.45, 7) is 3.76. The lowest BCUT2D eigenvalue weighted by molar-refractivity contribution is -0.142. The Hall–Kier alpha value is -1.84. The van der Waals surface area contributed by atoms with Crippen LogP contribution in [0.1, 0.15) is 19.9 Å². The molecule has 1 aromatic heterocycles. The van der Waals surface area contributed by atoms with Gasteiger partial charge < -0.3 is 5.11 Å². The predicted molar refractivity (Wildman–Crippen MR) is 61.2 cm³/mol. The smallest absolute Gasteiger partial charge is 0.328 e. The Bertz CT molecular complexity index is 483. The molecule has 0 spiro atoms. The highest BCUT2D eigenvalue weighted by molar-refractivity contribution is 5.79. The van der Waals surface area contributed by atoms with E-state index in [4.69, 9.17) is 5.11 Å². The van der Waals surface area contributed by atoms with Gasteiger partial charge in [0.25, 0.3) is 0 Å². The Morgan fingerprint density at radius 1 is 1.38 bits per heavy atom. The molecular formula is C12H14N2O2. The maximum Gasteiger partial charge on any atom is 0.328 e. The predicted octanol–water partition coefficient (Wildman–Crippen LogP) is 2.32. The molecule has 0 aliphatic heterocycles. The number of aliphatic carboxylic acids is 1. The summed E-state index contributed by atoms with van der Waals surface area (Å²) in [5, 5.41) is 14.4. The van der Waals surface area contributed by atoms with Gasteiger partial charge in [0.15, 0.2) is 6.04 Å². The van der Waals surface area contributed by atoms with Gasteiger partial charge in [-0.1, -0.05) is 32.0 Å². The summed E-state index contributed by atoms with van der Waals surface area (Å²) in [5.74, 6) is -0.838. The number of fused-ring (bicyclic) bond motifs is 1. The molecular weight excluding hydrogens is 204 g/mol. The standard InChI is InChI=1S/C12H14N2O2/c1-8(2)11(12(15)16)14-7-9-5-3-4-6-10(9)13-14/h3-8,11H,1-2H3,(H,15,16)/t11-/m1/s1. The molecule has 4 nitrogen and oxygen atoms in total. The zero-order valence-electron chi connectivity index (χ0n) is 9.29. The van der Waals surface area contributed by atoms with E-state index in [1.54, 1.807) is 6.20 Å². The van der Waals surface area contributed by atoms with E-state index >= 15 is 0 Å². The second kappa shape index (κ2) is 3.96. The van der Waals surface area contributed by atoms with Crippen LogP contribution in [-0.2, 0) is 4.79 Å². The second-order valence-electron chi connectivity index (χ2n) is 4.20. The topological polar surface area (TPSA) is 55.1 Å². The quantitative estimate of drug-likeness (QED) is 0.860.